The van der Waals surface area contributed by atoms with Crippen molar-refractivity contribution in [1.29, 1.82) is 10.5 Å². The highest BCUT2D eigenvalue weighted by Crippen LogP contribution is 2.15. The smallest absolute Gasteiger partial charge is 0.263 e. The van der Waals surface area contributed by atoms with Crippen molar-refractivity contribution < 1.29 is 9.63 Å². The van der Waals surface area contributed by atoms with Crippen molar-refractivity contribution >= 4 is 17.8 Å². The normalized spacial score (nSPS) is 13.6. The monoisotopic (exact) mass is 380 g/mol. The van der Waals surface area contributed by atoms with Crippen LogP contribution < -0.4 is 4.90 Å². The summed E-state index contributed by atoms with van der Waals surface area (Å²) in [7, 11) is 3.49. The topological polar surface area (TPSA) is 96.0 Å². The van der Waals surface area contributed by atoms with E-state index in [1.54, 1.807) is 23.9 Å². The van der Waals surface area contributed by atoms with E-state index in [9.17, 15) is 4.79 Å². The molecule has 0 saturated carbocycles. The number of rotatable bonds is 7. The fourth-order valence-corrected chi connectivity index (χ4v) is 2.88. The van der Waals surface area contributed by atoms with Gasteiger partial charge in [-0.1, -0.05) is 23.4 Å². The summed E-state index contributed by atoms with van der Waals surface area (Å²) in [4.78, 5) is 23.1. The molecule has 1 aromatic carbocycles. The molecule has 1 saturated heterocycles. The second-order valence-electron chi connectivity index (χ2n) is 6.41. The minimum Gasteiger partial charge on any atom is -0.386 e. The second kappa shape index (κ2) is 10.6. The lowest BCUT2D eigenvalue weighted by molar-refractivity contribution is -0.136. The lowest BCUT2D eigenvalue weighted by Gasteiger charge is -2.35. The summed E-state index contributed by atoms with van der Waals surface area (Å²) in [6, 6.07) is 13.8. The zero-order chi connectivity index (χ0) is 20.4. The Hall–Kier alpha value is -3.52. The summed E-state index contributed by atoms with van der Waals surface area (Å²) >= 11 is 0. The van der Waals surface area contributed by atoms with Crippen LogP contribution in [0.2, 0.25) is 0 Å². The third-order valence-corrected chi connectivity index (χ3v) is 4.43. The molecule has 1 aliphatic heterocycles. The van der Waals surface area contributed by atoms with E-state index in [4.69, 9.17) is 15.4 Å². The average Bonchev–Trinajstić information content (AvgIpc) is 2.73. The molecule has 1 amide bonds. The maximum atomic E-state index is 12.3. The van der Waals surface area contributed by atoms with E-state index in [1.807, 2.05) is 30.3 Å². The van der Waals surface area contributed by atoms with Gasteiger partial charge in [0.15, 0.2) is 6.61 Å². The SMILES string of the molecule is CN(C)C(C/C=N/OCC(=O)N1CCN(c2ccccc2)CC1)=C(C#N)C#N. The van der Waals surface area contributed by atoms with Gasteiger partial charge in [-0.15, -0.1) is 0 Å². The van der Waals surface area contributed by atoms with Gasteiger partial charge in [-0.2, -0.15) is 10.5 Å². The molecular formula is C20H24N6O2. The molecule has 28 heavy (non-hydrogen) atoms. The Labute approximate surface area is 165 Å². The van der Waals surface area contributed by atoms with Crippen LogP contribution in [-0.2, 0) is 9.63 Å². The van der Waals surface area contributed by atoms with Gasteiger partial charge < -0.3 is 19.5 Å². The third-order valence-electron chi connectivity index (χ3n) is 4.43. The van der Waals surface area contributed by atoms with E-state index in [-0.39, 0.29) is 24.5 Å². The molecule has 1 heterocycles. The Morgan fingerprint density at radius 1 is 1.18 bits per heavy atom. The van der Waals surface area contributed by atoms with Crippen LogP contribution in [0.15, 0.2) is 46.8 Å². The van der Waals surface area contributed by atoms with Crippen LogP contribution in [0.5, 0.6) is 0 Å². The number of hydrogen-bond donors (Lipinski definition) is 0. The number of benzene rings is 1. The van der Waals surface area contributed by atoms with E-state index in [1.165, 1.54) is 6.21 Å². The molecule has 0 radical (unpaired) electrons. The van der Waals surface area contributed by atoms with Crippen LogP contribution >= 0.6 is 0 Å². The number of amides is 1. The lowest BCUT2D eigenvalue weighted by atomic mass is 10.2. The van der Waals surface area contributed by atoms with Crippen LogP contribution in [0.25, 0.3) is 0 Å². The highest BCUT2D eigenvalue weighted by Gasteiger charge is 2.21. The average molecular weight is 380 g/mol. The fraction of sp³-hybridized carbons (Fsp3) is 0.400. The zero-order valence-corrected chi connectivity index (χ0v) is 16.2. The zero-order valence-electron chi connectivity index (χ0n) is 16.2. The van der Waals surface area contributed by atoms with E-state index in [0.29, 0.717) is 18.8 Å². The first-order valence-electron chi connectivity index (χ1n) is 8.99. The van der Waals surface area contributed by atoms with Gasteiger partial charge in [0, 0.05) is 64.3 Å². The summed E-state index contributed by atoms with van der Waals surface area (Å²) < 4.78 is 0. The Balaban J connectivity index is 1.76. The maximum Gasteiger partial charge on any atom is 0.263 e. The maximum absolute atomic E-state index is 12.3. The van der Waals surface area contributed by atoms with Gasteiger partial charge in [-0.3, -0.25) is 4.79 Å². The van der Waals surface area contributed by atoms with Crippen LogP contribution in [0.1, 0.15) is 6.42 Å². The highest BCUT2D eigenvalue weighted by molar-refractivity contribution is 5.78. The van der Waals surface area contributed by atoms with Crippen LogP contribution in [0.3, 0.4) is 0 Å². The number of allylic oxidation sites excluding steroid dienone is 2. The van der Waals surface area contributed by atoms with Crippen molar-refractivity contribution in [3.63, 3.8) is 0 Å². The molecule has 146 valence electrons. The van der Waals surface area contributed by atoms with Crippen molar-refractivity contribution in [2.24, 2.45) is 5.16 Å². The molecule has 0 atom stereocenters. The first-order chi connectivity index (χ1) is 13.6. The summed E-state index contributed by atoms with van der Waals surface area (Å²) in [6.45, 7) is 2.71. The Morgan fingerprint density at radius 2 is 1.82 bits per heavy atom. The Morgan fingerprint density at radius 3 is 2.39 bits per heavy atom. The van der Waals surface area contributed by atoms with Gasteiger partial charge in [0.2, 0.25) is 0 Å². The van der Waals surface area contributed by atoms with E-state index in [0.717, 1.165) is 18.8 Å². The van der Waals surface area contributed by atoms with Gasteiger partial charge in [-0.25, -0.2) is 0 Å². The van der Waals surface area contributed by atoms with E-state index in [2.05, 4.69) is 22.2 Å². The number of oxime groups is 1. The number of nitriles is 2. The Bertz CT molecular complexity index is 780. The molecule has 1 aliphatic rings. The van der Waals surface area contributed by atoms with Crippen molar-refractivity contribution in [1.82, 2.24) is 9.80 Å². The third kappa shape index (κ3) is 5.75. The quantitative estimate of drug-likeness (QED) is 0.405. The largest absolute Gasteiger partial charge is 0.386 e. The molecule has 1 fully saturated rings. The van der Waals surface area contributed by atoms with Crippen molar-refractivity contribution in [2.45, 2.75) is 6.42 Å². The summed E-state index contributed by atoms with van der Waals surface area (Å²) in [5.41, 5.74) is 1.74. The second-order valence-corrected chi connectivity index (χ2v) is 6.41. The molecule has 0 spiro atoms. The van der Waals surface area contributed by atoms with Crippen LogP contribution in [0, 0.1) is 22.7 Å². The number of anilines is 1. The predicted octanol–water partition coefficient (Wildman–Crippen LogP) is 1.59. The summed E-state index contributed by atoms with van der Waals surface area (Å²) in [6.07, 6.45) is 1.72. The van der Waals surface area contributed by atoms with Crippen LogP contribution in [-0.4, -0.2) is 68.8 Å². The van der Waals surface area contributed by atoms with Gasteiger partial charge in [0.25, 0.3) is 5.91 Å². The van der Waals surface area contributed by atoms with E-state index >= 15 is 0 Å². The number of carbonyl (C=O) groups is 1. The molecule has 0 unspecified atom stereocenters. The minimum absolute atomic E-state index is 0.0313. The standard InChI is InChI=1S/C20H24N6O2/c1-24(2)19(17(14-21)15-22)8-9-23-28-16-20(27)26-12-10-25(11-13-26)18-6-4-3-5-7-18/h3-7,9H,8,10-13,16H2,1-2H3/b23-9+. The molecule has 0 N–H and O–H groups in total. The van der Waals surface area contributed by atoms with Gasteiger partial charge >= 0.3 is 0 Å². The first-order valence-corrected chi connectivity index (χ1v) is 8.99. The van der Waals surface area contributed by atoms with Crippen molar-refractivity contribution in [2.75, 3.05) is 51.8 Å². The predicted molar refractivity (Wildman–Crippen MR) is 106 cm³/mol. The summed E-state index contributed by atoms with van der Waals surface area (Å²) in [5, 5.41) is 21.7. The van der Waals surface area contributed by atoms with Gasteiger partial charge in [0.1, 0.15) is 17.7 Å². The van der Waals surface area contributed by atoms with Crippen molar-refractivity contribution in [3.05, 3.63) is 41.6 Å². The number of piperazine rings is 1. The Kier molecular flexibility index (Phi) is 7.86. The molecule has 0 aliphatic carbocycles. The molecule has 1 aromatic rings. The van der Waals surface area contributed by atoms with Crippen molar-refractivity contribution in [3.8, 4) is 12.1 Å². The highest BCUT2D eigenvalue weighted by atomic mass is 16.6. The summed E-state index contributed by atoms with van der Waals surface area (Å²) in [5.74, 6) is -0.108. The molecule has 0 aromatic heterocycles. The van der Waals surface area contributed by atoms with Crippen LogP contribution in [0.4, 0.5) is 5.69 Å². The number of para-hydroxylation sites is 1. The molecular weight excluding hydrogens is 356 g/mol. The number of carbonyl (C=O) groups excluding carboxylic acids is 1. The van der Waals surface area contributed by atoms with Gasteiger partial charge in [-0.05, 0) is 12.1 Å². The molecule has 8 nitrogen and oxygen atoms in total. The first kappa shape index (κ1) is 20.8. The fourth-order valence-electron chi connectivity index (χ4n) is 2.88. The number of nitrogens with zero attached hydrogens (tertiary/aromatic N) is 6. The lowest BCUT2D eigenvalue weighted by Crippen LogP contribution is -2.49. The molecule has 2 rings (SSSR count). The molecule has 0 bridgehead atoms. The van der Waals surface area contributed by atoms with E-state index < -0.39 is 0 Å². The molecule has 8 heteroatoms. The van der Waals surface area contributed by atoms with Gasteiger partial charge in [0.05, 0.1) is 0 Å². The minimum atomic E-state index is -0.133. The number of hydrogen-bond acceptors (Lipinski definition) is 7.